The van der Waals surface area contributed by atoms with Gasteiger partial charge in [0.15, 0.2) is 0 Å². The van der Waals surface area contributed by atoms with Gasteiger partial charge >= 0.3 is 13.6 Å². The molecule has 8 nitrogen and oxygen atoms in total. The zero-order chi connectivity index (χ0) is 21.0. The van der Waals surface area contributed by atoms with Crippen molar-refractivity contribution in [2.24, 2.45) is 5.92 Å². The number of fused-ring (bicyclic) bond motifs is 3. The molecule has 2 aromatic rings. The Kier molecular flexibility index (Phi) is 6.49. The molecule has 1 aliphatic rings. The topological polar surface area (TPSA) is 111 Å². The first-order chi connectivity index (χ1) is 13.9. The van der Waals surface area contributed by atoms with Gasteiger partial charge in [0.2, 0.25) is 0 Å². The molecule has 3 rings (SSSR count). The predicted molar refractivity (Wildman–Crippen MR) is 105 cm³/mol. The Labute approximate surface area is 168 Å². The molecule has 154 valence electrons. The molecule has 29 heavy (non-hydrogen) atoms. The molecule has 1 aliphatic carbocycles. The van der Waals surface area contributed by atoms with Crippen molar-refractivity contribution < 1.29 is 33.1 Å². The number of benzene rings is 2. The highest BCUT2D eigenvalue weighted by atomic mass is 31.2. The lowest BCUT2D eigenvalue weighted by atomic mass is 9.98. The van der Waals surface area contributed by atoms with Gasteiger partial charge in [-0.15, -0.1) is 0 Å². The maximum Gasteiger partial charge on any atom is 0.331 e. The largest absolute Gasteiger partial charge is 0.481 e. The van der Waals surface area contributed by atoms with Gasteiger partial charge in [0.05, 0.1) is 12.8 Å². The van der Waals surface area contributed by atoms with Crippen LogP contribution in [0, 0.1) is 5.92 Å². The van der Waals surface area contributed by atoms with Gasteiger partial charge in [0, 0.05) is 20.1 Å². The Balaban J connectivity index is 1.68. The number of carboxylic acids is 1. The number of carboxylic acid groups (broad SMARTS) is 1. The Morgan fingerprint density at radius 1 is 1.03 bits per heavy atom. The van der Waals surface area contributed by atoms with Crippen LogP contribution in [0.15, 0.2) is 48.5 Å². The predicted octanol–water partition coefficient (Wildman–Crippen LogP) is 3.03. The van der Waals surface area contributed by atoms with Crippen LogP contribution >= 0.6 is 7.60 Å². The minimum atomic E-state index is -3.68. The van der Waals surface area contributed by atoms with E-state index in [-0.39, 0.29) is 12.5 Å². The summed E-state index contributed by atoms with van der Waals surface area (Å²) < 4.78 is 21.7. The fourth-order valence-corrected chi connectivity index (χ4v) is 4.64. The highest BCUT2D eigenvalue weighted by molar-refractivity contribution is 7.53. The molecule has 1 atom stereocenters. The van der Waals surface area contributed by atoms with Gasteiger partial charge < -0.3 is 14.2 Å². The molecule has 0 fully saturated rings. The van der Waals surface area contributed by atoms with Crippen molar-refractivity contribution in [2.45, 2.75) is 5.92 Å². The molecule has 0 unspecified atom stereocenters. The molecule has 9 heteroatoms. The zero-order valence-corrected chi connectivity index (χ0v) is 16.9. The number of carbonyl (C=O) groups is 2. The van der Waals surface area contributed by atoms with E-state index in [9.17, 15) is 19.3 Å². The summed E-state index contributed by atoms with van der Waals surface area (Å²) in [7, 11) is -1.42. The van der Waals surface area contributed by atoms with E-state index in [1.54, 1.807) is 0 Å². The minimum Gasteiger partial charge on any atom is -0.481 e. The highest BCUT2D eigenvalue weighted by Crippen LogP contribution is 2.48. The van der Waals surface area contributed by atoms with Crippen molar-refractivity contribution in [3.05, 3.63) is 59.7 Å². The van der Waals surface area contributed by atoms with E-state index in [2.05, 4.69) is 5.48 Å². The maximum atomic E-state index is 12.3. The minimum absolute atomic E-state index is 0.102. The fraction of sp³-hybridized carbons (Fsp3) is 0.300. The lowest BCUT2D eigenvalue weighted by Gasteiger charge is -2.19. The number of rotatable bonds is 9. The van der Waals surface area contributed by atoms with Gasteiger partial charge in [-0.25, -0.2) is 5.48 Å². The number of carbonyl (C=O) groups excluding carboxylic acids is 1. The third kappa shape index (κ3) is 4.41. The van der Waals surface area contributed by atoms with Gasteiger partial charge in [-0.3, -0.25) is 19.0 Å². The second-order valence-corrected chi connectivity index (χ2v) is 8.87. The van der Waals surface area contributed by atoms with E-state index >= 15 is 0 Å². The van der Waals surface area contributed by atoms with Gasteiger partial charge in [-0.1, -0.05) is 48.5 Å². The Morgan fingerprint density at radius 2 is 1.55 bits per heavy atom. The molecule has 0 aromatic heterocycles. The first-order valence-corrected chi connectivity index (χ1v) is 10.7. The lowest BCUT2D eigenvalue weighted by molar-refractivity contribution is -0.151. The van der Waals surface area contributed by atoms with Crippen LogP contribution in [0.3, 0.4) is 0 Å². The van der Waals surface area contributed by atoms with Crippen molar-refractivity contribution in [3.8, 4) is 11.1 Å². The van der Waals surface area contributed by atoms with Gasteiger partial charge in [-0.2, -0.15) is 0 Å². The van der Waals surface area contributed by atoms with Crippen molar-refractivity contribution >= 4 is 19.5 Å². The third-order valence-corrected chi connectivity index (χ3v) is 6.89. The van der Waals surface area contributed by atoms with Gasteiger partial charge in [0.25, 0.3) is 5.91 Å². The van der Waals surface area contributed by atoms with Crippen LogP contribution in [-0.2, 0) is 28.0 Å². The van der Waals surface area contributed by atoms with E-state index in [4.69, 9.17) is 13.9 Å². The fourth-order valence-electron chi connectivity index (χ4n) is 3.43. The average Bonchev–Trinajstić information content (AvgIpc) is 3.05. The number of hydrogen-bond acceptors (Lipinski definition) is 6. The normalized spacial score (nSPS) is 14.1. The van der Waals surface area contributed by atoms with Crippen LogP contribution in [0.25, 0.3) is 11.1 Å². The SMILES string of the molecule is COP(=O)(C[C@H](C(=O)O)C(=O)NOCC1c2ccccc2-c2ccccc21)OC. The summed E-state index contributed by atoms with van der Waals surface area (Å²) in [5.74, 6) is -4.11. The maximum absolute atomic E-state index is 12.3. The molecule has 0 spiro atoms. The quantitative estimate of drug-likeness (QED) is 0.365. The number of nitrogens with one attached hydrogen (secondary N) is 1. The summed E-state index contributed by atoms with van der Waals surface area (Å²) in [6.45, 7) is 0.123. The van der Waals surface area contributed by atoms with Crippen LogP contribution in [-0.4, -0.2) is 44.0 Å². The van der Waals surface area contributed by atoms with E-state index in [0.29, 0.717) is 0 Å². The van der Waals surface area contributed by atoms with E-state index in [1.165, 1.54) is 0 Å². The molecular weight excluding hydrogens is 397 g/mol. The molecule has 1 amide bonds. The smallest absolute Gasteiger partial charge is 0.331 e. The van der Waals surface area contributed by atoms with E-state index < -0.39 is 31.6 Å². The Morgan fingerprint density at radius 3 is 2.03 bits per heavy atom. The highest BCUT2D eigenvalue weighted by Gasteiger charge is 2.37. The lowest BCUT2D eigenvalue weighted by Crippen LogP contribution is -2.38. The second-order valence-electron chi connectivity index (χ2n) is 6.55. The molecule has 0 heterocycles. The molecule has 0 radical (unpaired) electrons. The number of hydroxylamine groups is 1. The molecule has 0 bridgehead atoms. The molecular formula is C20H22NO7P. The zero-order valence-electron chi connectivity index (χ0n) is 16.0. The van der Waals surface area contributed by atoms with Gasteiger partial charge in [0.1, 0.15) is 5.92 Å². The molecule has 0 aliphatic heterocycles. The first kappa shape index (κ1) is 21.2. The summed E-state index contributed by atoms with van der Waals surface area (Å²) in [5, 5.41) is 9.32. The second kappa shape index (κ2) is 8.88. The number of amides is 1. The molecule has 2 aromatic carbocycles. The number of aliphatic carboxylic acids is 1. The van der Waals surface area contributed by atoms with Crippen LogP contribution in [0.4, 0.5) is 0 Å². The van der Waals surface area contributed by atoms with Gasteiger partial charge in [-0.05, 0) is 22.3 Å². The Hall–Kier alpha value is -2.51. The van der Waals surface area contributed by atoms with E-state index in [0.717, 1.165) is 36.5 Å². The summed E-state index contributed by atoms with van der Waals surface area (Å²) in [6, 6.07) is 15.8. The summed E-state index contributed by atoms with van der Waals surface area (Å²) >= 11 is 0. The molecule has 0 saturated carbocycles. The van der Waals surface area contributed by atoms with E-state index in [1.807, 2.05) is 48.5 Å². The molecule has 2 N–H and O–H groups in total. The monoisotopic (exact) mass is 419 g/mol. The summed E-state index contributed by atoms with van der Waals surface area (Å²) in [5.41, 5.74) is 6.52. The summed E-state index contributed by atoms with van der Waals surface area (Å²) in [4.78, 5) is 29.1. The van der Waals surface area contributed by atoms with Crippen molar-refractivity contribution in [1.29, 1.82) is 0 Å². The third-order valence-electron chi connectivity index (χ3n) is 4.96. The number of hydrogen-bond donors (Lipinski definition) is 2. The standard InChI is InChI=1S/C20H22NO7P/c1-26-29(25,27-2)12-18(20(23)24)19(22)21-28-11-17-15-9-5-3-7-13(15)14-8-4-6-10-16(14)17/h3-10,17-18H,11-12H2,1-2H3,(H,21,22)(H,23,24)/t18-/m0/s1. The van der Waals surface area contributed by atoms with Crippen LogP contribution in [0.1, 0.15) is 17.0 Å². The van der Waals surface area contributed by atoms with Crippen LogP contribution in [0.5, 0.6) is 0 Å². The van der Waals surface area contributed by atoms with Crippen molar-refractivity contribution in [1.82, 2.24) is 5.48 Å². The van der Waals surface area contributed by atoms with Crippen molar-refractivity contribution in [2.75, 3.05) is 27.0 Å². The average molecular weight is 419 g/mol. The van der Waals surface area contributed by atoms with Crippen LogP contribution in [0.2, 0.25) is 0 Å². The van der Waals surface area contributed by atoms with Crippen molar-refractivity contribution in [3.63, 3.8) is 0 Å². The first-order valence-electron chi connectivity index (χ1n) is 8.93. The summed E-state index contributed by atoms with van der Waals surface area (Å²) in [6.07, 6.45) is -0.598. The Bertz CT molecular complexity index is 908. The van der Waals surface area contributed by atoms with Crippen LogP contribution < -0.4 is 5.48 Å². The molecule has 0 saturated heterocycles.